The van der Waals surface area contributed by atoms with Gasteiger partial charge in [0, 0.05) is 18.9 Å². The van der Waals surface area contributed by atoms with Crippen LogP contribution in [0.15, 0.2) is 61.1 Å². The third-order valence-electron chi connectivity index (χ3n) is 4.39. The molecule has 2 heterocycles. The highest BCUT2D eigenvalue weighted by molar-refractivity contribution is 6.27. The molecule has 2 aromatic heterocycles. The molecule has 0 saturated heterocycles. The van der Waals surface area contributed by atoms with Crippen molar-refractivity contribution in [2.24, 2.45) is 7.05 Å². The van der Waals surface area contributed by atoms with Crippen molar-refractivity contribution in [1.29, 1.82) is 0 Å². The number of fused-ring (bicyclic) bond motifs is 1. The van der Waals surface area contributed by atoms with E-state index in [0.717, 1.165) is 16.7 Å². The third kappa shape index (κ3) is 4.29. The quantitative estimate of drug-likeness (QED) is 0.512. The summed E-state index contributed by atoms with van der Waals surface area (Å²) in [4.78, 5) is 22.5. The Morgan fingerprint density at radius 3 is 2.28 bits per heavy atom. The Bertz CT molecular complexity index is 1140. The zero-order chi connectivity index (χ0) is 21.0. The fourth-order valence-electron chi connectivity index (χ4n) is 3.01. The minimum atomic E-state index is -1.82. The lowest BCUT2D eigenvalue weighted by Gasteiger charge is -2.21. The number of aryl methyl sites for hydroxylation is 2. The van der Waals surface area contributed by atoms with Crippen molar-refractivity contribution in [2.45, 2.75) is 13.0 Å². The number of hydrogen-bond donors (Lipinski definition) is 2. The molecular formula is C20H19N5O4. The molecule has 148 valence electrons. The highest BCUT2D eigenvalue weighted by Crippen LogP contribution is 2.29. The predicted molar refractivity (Wildman–Crippen MR) is 104 cm³/mol. The number of aromatic nitrogens is 5. The van der Waals surface area contributed by atoms with Crippen molar-refractivity contribution in [1.82, 2.24) is 24.5 Å². The largest absolute Gasteiger partial charge is 0.473 e. The number of aliphatic carboxylic acids is 2. The zero-order valence-electron chi connectivity index (χ0n) is 15.8. The highest BCUT2D eigenvalue weighted by Gasteiger charge is 2.18. The van der Waals surface area contributed by atoms with Crippen molar-refractivity contribution >= 4 is 23.0 Å². The summed E-state index contributed by atoms with van der Waals surface area (Å²) in [5.74, 6) is -3.65. The average molecular weight is 393 g/mol. The SMILES string of the molecule is Cc1cncn1C(c1ccccc1)c1ccc2nnn(C)c2c1.O=C(O)C(=O)O. The van der Waals surface area contributed by atoms with E-state index in [0.29, 0.717) is 0 Å². The molecule has 0 spiro atoms. The van der Waals surface area contributed by atoms with Crippen LogP contribution in [0.1, 0.15) is 22.9 Å². The summed E-state index contributed by atoms with van der Waals surface area (Å²) in [5, 5.41) is 23.0. The van der Waals surface area contributed by atoms with Gasteiger partial charge in [0.2, 0.25) is 0 Å². The summed E-state index contributed by atoms with van der Waals surface area (Å²) in [6.45, 7) is 2.08. The highest BCUT2D eigenvalue weighted by atomic mass is 16.4. The molecule has 9 nitrogen and oxygen atoms in total. The minimum Gasteiger partial charge on any atom is -0.473 e. The fraction of sp³-hybridized carbons (Fsp3) is 0.150. The molecule has 2 N–H and O–H groups in total. The van der Waals surface area contributed by atoms with Crippen LogP contribution in [0, 0.1) is 6.92 Å². The Morgan fingerprint density at radius 2 is 1.69 bits per heavy atom. The number of carboxylic acid groups (broad SMARTS) is 2. The molecule has 0 aliphatic rings. The second-order valence-electron chi connectivity index (χ2n) is 6.33. The van der Waals surface area contributed by atoms with Crippen LogP contribution in [0.4, 0.5) is 0 Å². The van der Waals surface area contributed by atoms with Gasteiger partial charge in [0.25, 0.3) is 0 Å². The van der Waals surface area contributed by atoms with Gasteiger partial charge in [-0.3, -0.25) is 0 Å². The van der Waals surface area contributed by atoms with Gasteiger partial charge in [0.05, 0.1) is 17.9 Å². The van der Waals surface area contributed by atoms with Crippen LogP contribution >= 0.6 is 0 Å². The molecule has 4 aromatic rings. The summed E-state index contributed by atoms with van der Waals surface area (Å²) in [6.07, 6.45) is 3.78. The average Bonchev–Trinajstić information content (AvgIpc) is 3.29. The molecule has 1 unspecified atom stereocenters. The third-order valence-corrected chi connectivity index (χ3v) is 4.39. The molecule has 0 radical (unpaired) electrons. The van der Waals surface area contributed by atoms with Gasteiger partial charge in [-0.2, -0.15) is 0 Å². The Hall–Kier alpha value is -4.01. The maximum Gasteiger partial charge on any atom is 0.414 e. The van der Waals surface area contributed by atoms with Gasteiger partial charge in [-0.25, -0.2) is 19.3 Å². The fourth-order valence-corrected chi connectivity index (χ4v) is 3.01. The van der Waals surface area contributed by atoms with Crippen LogP contribution in [0.5, 0.6) is 0 Å². The number of carboxylic acids is 2. The second-order valence-corrected chi connectivity index (χ2v) is 6.33. The number of rotatable bonds is 3. The molecule has 29 heavy (non-hydrogen) atoms. The number of hydrogen-bond acceptors (Lipinski definition) is 5. The molecule has 9 heteroatoms. The monoisotopic (exact) mass is 393 g/mol. The topological polar surface area (TPSA) is 123 Å². The van der Waals surface area contributed by atoms with Crippen LogP contribution in [0.25, 0.3) is 11.0 Å². The van der Waals surface area contributed by atoms with Gasteiger partial charge < -0.3 is 14.8 Å². The first-order chi connectivity index (χ1) is 13.9. The summed E-state index contributed by atoms with van der Waals surface area (Å²) < 4.78 is 4.00. The minimum absolute atomic E-state index is 0.0815. The molecule has 0 fully saturated rings. The summed E-state index contributed by atoms with van der Waals surface area (Å²) in [7, 11) is 1.92. The van der Waals surface area contributed by atoms with Crippen molar-refractivity contribution in [3.05, 3.63) is 77.9 Å². The first-order valence-electron chi connectivity index (χ1n) is 8.67. The Kier molecular flexibility index (Phi) is 5.68. The molecule has 0 bridgehead atoms. The standard InChI is InChI=1S/C18H17N5.C2H2O4/c1-13-11-19-12-23(13)18(14-6-4-3-5-7-14)15-8-9-16-17(10-15)22(2)21-20-16;3-1(4)2(5)6/h3-12,18H,1-2H3;(H,3,4)(H,5,6). The van der Waals surface area contributed by atoms with Gasteiger partial charge >= 0.3 is 11.9 Å². The van der Waals surface area contributed by atoms with Gasteiger partial charge in [-0.05, 0) is 30.2 Å². The van der Waals surface area contributed by atoms with Crippen molar-refractivity contribution in [2.75, 3.05) is 0 Å². The normalized spacial score (nSPS) is 11.5. The van der Waals surface area contributed by atoms with Crippen LogP contribution in [0.3, 0.4) is 0 Å². The van der Waals surface area contributed by atoms with Crippen LogP contribution < -0.4 is 0 Å². The lowest BCUT2D eigenvalue weighted by Crippen LogP contribution is -2.13. The predicted octanol–water partition coefficient (Wildman–Crippen LogP) is 2.27. The molecule has 0 aliphatic carbocycles. The number of imidazole rings is 1. The molecule has 0 amide bonds. The number of benzene rings is 2. The maximum atomic E-state index is 9.10. The molecule has 0 saturated carbocycles. The summed E-state index contributed by atoms with van der Waals surface area (Å²) in [6, 6.07) is 16.9. The van der Waals surface area contributed by atoms with E-state index in [2.05, 4.69) is 63.2 Å². The van der Waals surface area contributed by atoms with Crippen LogP contribution in [-0.2, 0) is 16.6 Å². The Balaban J connectivity index is 0.000000353. The zero-order valence-corrected chi connectivity index (χ0v) is 15.8. The molecule has 4 rings (SSSR count). The van der Waals surface area contributed by atoms with E-state index < -0.39 is 11.9 Å². The number of carbonyl (C=O) groups is 2. The molecule has 1 atom stereocenters. The number of nitrogens with zero attached hydrogens (tertiary/aromatic N) is 5. The van der Waals surface area contributed by atoms with Gasteiger partial charge in [0.15, 0.2) is 0 Å². The van der Waals surface area contributed by atoms with E-state index >= 15 is 0 Å². The van der Waals surface area contributed by atoms with E-state index in [1.165, 1.54) is 11.1 Å². The van der Waals surface area contributed by atoms with E-state index in [1.807, 2.05) is 36.4 Å². The smallest absolute Gasteiger partial charge is 0.414 e. The first-order valence-corrected chi connectivity index (χ1v) is 8.67. The molecule has 2 aromatic carbocycles. The van der Waals surface area contributed by atoms with Gasteiger partial charge in [-0.15, -0.1) is 5.10 Å². The Labute approximate surface area is 165 Å². The molecular weight excluding hydrogens is 374 g/mol. The first kappa shape index (κ1) is 19.7. The van der Waals surface area contributed by atoms with E-state index in [1.54, 1.807) is 0 Å². The maximum absolute atomic E-state index is 9.10. The van der Waals surface area contributed by atoms with Crippen LogP contribution in [-0.4, -0.2) is 46.7 Å². The Morgan fingerprint density at radius 1 is 1.00 bits per heavy atom. The van der Waals surface area contributed by atoms with Gasteiger partial charge in [0.1, 0.15) is 5.52 Å². The summed E-state index contributed by atoms with van der Waals surface area (Å²) in [5.41, 5.74) is 5.48. The van der Waals surface area contributed by atoms with E-state index in [-0.39, 0.29) is 6.04 Å². The van der Waals surface area contributed by atoms with E-state index in [4.69, 9.17) is 19.8 Å². The lowest BCUT2D eigenvalue weighted by molar-refractivity contribution is -0.159. The summed E-state index contributed by atoms with van der Waals surface area (Å²) >= 11 is 0. The van der Waals surface area contributed by atoms with Crippen molar-refractivity contribution < 1.29 is 19.8 Å². The van der Waals surface area contributed by atoms with Crippen molar-refractivity contribution in [3.63, 3.8) is 0 Å². The van der Waals surface area contributed by atoms with Crippen molar-refractivity contribution in [3.8, 4) is 0 Å². The second kappa shape index (κ2) is 8.34. The molecule has 0 aliphatic heterocycles. The van der Waals surface area contributed by atoms with Crippen LogP contribution in [0.2, 0.25) is 0 Å². The van der Waals surface area contributed by atoms with E-state index in [9.17, 15) is 0 Å². The van der Waals surface area contributed by atoms with Gasteiger partial charge in [-0.1, -0.05) is 41.6 Å². The lowest BCUT2D eigenvalue weighted by atomic mass is 9.97.